The summed E-state index contributed by atoms with van der Waals surface area (Å²) >= 11 is 0. The second-order valence-corrected chi connectivity index (χ2v) is 11.1. The van der Waals surface area contributed by atoms with Crippen LogP contribution in [0.15, 0.2) is 72.8 Å². The van der Waals surface area contributed by atoms with Crippen LogP contribution in [0.2, 0.25) is 0 Å². The van der Waals surface area contributed by atoms with Gasteiger partial charge in [0, 0.05) is 24.2 Å². The van der Waals surface area contributed by atoms with Crippen LogP contribution in [-0.2, 0) is 20.7 Å². The molecule has 3 aromatic carbocycles. The van der Waals surface area contributed by atoms with Crippen molar-refractivity contribution < 1.29 is 24.2 Å². The number of carbonyl (C=O) groups excluding carboxylic acids is 3. The van der Waals surface area contributed by atoms with Crippen LogP contribution in [0.1, 0.15) is 62.4 Å². The van der Waals surface area contributed by atoms with Crippen LogP contribution >= 0.6 is 0 Å². The van der Waals surface area contributed by atoms with Crippen LogP contribution in [0.5, 0.6) is 5.75 Å². The van der Waals surface area contributed by atoms with Crippen molar-refractivity contribution in [1.82, 2.24) is 10.2 Å². The lowest BCUT2D eigenvalue weighted by Crippen LogP contribution is -2.53. The molecule has 0 radical (unpaired) electrons. The van der Waals surface area contributed by atoms with Crippen molar-refractivity contribution in [2.45, 2.75) is 72.1 Å². The maximum atomic E-state index is 14.3. The average Bonchev–Trinajstić information content (AvgIpc) is 2.90. The van der Waals surface area contributed by atoms with Gasteiger partial charge in [-0.1, -0.05) is 73.7 Å². The average molecular weight is 560 g/mol. The van der Waals surface area contributed by atoms with Crippen LogP contribution in [0.25, 0.3) is 0 Å². The number of aryl methyl sites for hydroxylation is 2. The van der Waals surface area contributed by atoms with E-state index in [0.717, 1.165) is 16.7 Å². The molecule has 8 heteroatoms. The molecule has 41 heavy (non-hydrogen) atoms. The van der Waals surface area contributed by atoms with Gasteiger partial charge in [-0.25, -0.2) is 4.79 Å². The van der Waals surface area contributed by atoms with Gasteiger partial charge in [0.05, 0.1) is 0 Å². The zero-order chi connectivity index (χ0) is 30.2. The molecule has 218 valence electrons. The zero-order valence-corrected chi connectivity index (χ0v) is 24.7. The molecule has 0 aromatic heterocycles. The molecule has 0 aliphatic rings. The van der Waals surface area contributed by atoms with E-state index in [9.17, 15) is 19.5 Å². The van der Waals surface area contributed by atoms with Crippen molar-refractivity contribution in [3.8, 4) is 5.75 Å². The first-order valence-corrected chi connectivity index (χ1v) is 13.9. The second kappa shape index (κ2) is 13.8. The molecule has 0 fully saturated rings. The smallest absolute Gasteiger partial charge is 0.408 e. The number of alkyl carbamates (subject to hydrolysis) is 1. The fraction of sp³-hybridized carbons (Fsp3) is 0.364. The molecule has 0 bridgehead atoms. The maximum Gasteiger partial charge on any atom is 0.408 e. The van der Waals surface area contributed by atoms with Gasteiger partial charge in [0.1, 0.15) is 23.4 Å². The molecule has 0 saturated carbocycles. The lowest BCUT2D eigenvalue weighted by Gasteiger charge is -2.35. The molecule has 8 nitrogen and oxygen atoms in total. The van der Waals surface area contributed by atoms with E-state index >= 15 is 0 Å². The molecular formula is C33H41N3O5. The highest BCUT2D eigenvalue weighted by Crippen LogP contribution is 2.32. The summed E-state index contributed by atoms with van der Waals surface area (Å²) in [7, 11) is 0. The van der Waals surface area contributed by atoms with E-state index in [-0.39, 0.29) is 24.3 Å². The molecule has 3 N–H and O–H groups in total. The highest BCUT2D eigenvalue weighted by molar-refractivity contribution is 6.00. The van der Waals surface area contributed by atoms with Crippen molar-refractivity contribution in [3.63, 3.8) is 0 Å². The summed E-state index contributed by atoms with van der Waals surface area (Å²) in [5.41, 5.74) is 2.74. The molecule has 3 aromatic rings. The first-order chi connectivity index (χ1) is 19.4. The molecule has 2 unspecified atom stereocenters. The lowest BCUT2D eigenvalue weighted by atomic mass is 9.99. The third kappa shape index (κ3) is 8.58. The standard InChI is InChI=1S/C33H41N3O5/c1-7-20-36(31(39)26(21-24-16-9-8-10-17-24)34-32(40)41-33(4,5)6)29(25-18-11-12-19-27(25)37)30(38)35-28-22(2)14-13-15-23(28)3/h8-19,26,29,37H,7,20-21H2,1-6H3,(H,34,40)(H,35,38). The summed E-state index contributed by atoms with van der Waals surface area (Å²) in [5.74, 6) is -1.05. The first-order valence-electron chi connectivity index (χ1n) is 13.9. The van der Waals surface area contributed by atoms with Gasteiger partial charge in [0.25, 0.3) is 5.91 Å². The van der Waals surface area contributed by atoms with Gasteiger partial charge in [-0.05, 0) is 63.8 Å². The van der Waals surface area contributed by atoms with E-state index < -0.39 is 35.6 Å². The van der Waals surface area contributed by atoms with E-state index in [1.54, 1.807) is 39.0 Å². The highest BCUT2D eigenvalue weighted by atomic mass is 16.6. The van der Waals surface area contributed by atoms with Gasteiger partial charge in [-0.2, -0.15) is 0 Å². The normalized spacial score (nSPS) is 12.6. The quantitative estimate of drug-likeness (QED) is 0.280. The van der Waals surface area contributed by atoms with Gasteiger partial charge < -0.3 is 25.4 Å². The predicted molar refractivity (Wildman–Crippen MR) is 161 cm³/mol. The van der Waals surface area contributed by atoms with Gasteiger partial charge in [0.15, 0.2) is 0 Å². The fourth-order valence-electron chi connectivity index (χ4n) is 4.68. The molecule has 0 aliphatic carbocycles. The minimum atomic E-state index is -1.17. The largest absolute Gasteiger partial charge is 0.508 e. The van der Waals surface area contributed by atoms with Crippen molar-refractivity contribution in [2.24, 2.45) is 0 Å². The Morgan fingerprint density at radius 2 is 1.51 bits per heavy atom. The van der Waals surface area contributed by atoms with E-state index in [4.69, 9.17) is 4.74 Å². The molecule has 0 saturated heterocycles. The Labute approximate surface area is 242 Å². The number of hydrogen-bond donors (Lipinski definition) is 3. The Morgan fingerprint density at radius 3 is 2.10 bits per heavy atom. The van der Waals surface area contributed by atoms with E-state index in [0.29, 0.717) is 12.1 Å². The number of nitrogens with one attached hydrogen (secondary N) is 2. The molecule has 0 spiro atoms. The zero-order valence-electron chi connectivity index (χ0n) is 24.7. The fourth-order valence-corrected chi connectivity index (χ4v) is 4.68. The van der Waals surface area contributed by atoms with Crippen molar-refractivity contribution in [1.29, 1.82) is 0 Å². The monoisotopic (exact) mass is 559 g/mol. The van der Waals surface area contributed by atoms with Gasteiger partial charge in [-0.3, -0.25) is 9.59 Å². The Kier molecular flexibility index (Phi) is 10.5. The number of rotatable bonds is 10. The SMILES string of the molecule is CCCN(C(=O)C(Cc1ccccc1)NC(=O)OC(C)(C)C)C(C(=O)Nc1c(C)cccc1C)c1ccccc1O. The Balaban J connectivity index is 2.07. The third-order valence-electron chi connectivity index (χ3n) is 6.54. The number of hydrogen-bond acceptors (Lipinski definition) is 5. The number of aromatic hydroxyl groups is 1. The van der Waals surface area contributed by atoms with Crippen molar-refractivity contribution in [2.75, 3.05) is 11.9 Å². The summed E-state index contributed by atoms with van der Waals surface area (Å²) in [6.07, 6.45) is -0.00961. The number of benzene rings is 3. The minimum Gasteiger partial charge on any atom is -0.508 e. The van der Waals surface area contributed by atoms with E-state index in [1.165, 1.54) is 11.0 Å². The molecule has 0 heterocycles. The lowest BCUT2D eigenvalue weighted by molar-refractivity contribution is -0.140. The third-order valence-corrected chi connectivity index (χ3v) is 6.54. The minimum absolute atomic E-state index is 0.109. The number of carbonyl (C=O) groups is 3. The Morgan fingerprint density at radius 1 is 0.902 bits per heavy atom. The van der Waals surface area contributed by atoms with Gasteiger partial charge >= 0.3 is 6.09 Å². The van der Waals surface area contributed by atoms with Crippen LogP contribution in [0.3, 0.4) is 0 Å². The number of nitrogens with zero attached hydrogens (tertiary/aromatic N) is 1. The summed E-state index contributed by atoms with van der Waals surface area (Å²) in [5, 5.41) is 16.6. The topological polar surface area (TPSA) is 108 Å². The van der Waals surface area contributed by atoms with Crippen molar-refractivity contribution >= 4 is 23.6 Å². The van der Waals surface area contributed by atoms with Crippen LogP contribution in [0, 0.1) is 13.8 Å². The van der Waals surface area contributed by atoms with Crippen LogP contribution < -0.4 is 10.6 Å². The summed E-state index contributed by atoms with van der Waals surface area (Å²) in [6.45, 7) is 11.1. The van der Waals surface area contributed by atoms with Gasteiger partial charge in [0.2, 0.25) is 5.91 Å². The Bertz CT molecular complexity index is 1330. The maximum absolute atomic E-state index is 14.3. The van der Waals surface area contributed by atoms with Crippen LogP contribution in [-0.4, -0.2) is 46.1 Å². The van der Waals surface area contributed by atoms with Gasteiger partial charge in [-0.15, -0.1) is 0 Å². The highest BCUT2D eigenvalue weighted by Gasteiger charge is 2.37. The van der Waals surface area contributed by atoms with E-state index in [2.05, 4.69) is 10.6 Å². The summed E-state index contributed by atoms with van der Waals surface area (Å²) in [6, 6.07) is 19.3. The molecular weight excluding hydrogens is 518 g/mol. The number of para-hydroxylation sites is 2. The Hall–Kier alpha value is -4.33. The number of anilines is 1. The number of phenolic OH excluding ortho intramolecular Hbond substituents is 1. The summed E-state index contributed by atoms with van der Waals surface area (Å²) < 4.78 is 5.47. The second-order valence-electron chi connectivity index (χ2n) is 11.1. The number of phenols is 1. The van der Waals surface area contributed by atoms with E-state index in [1.807, 2.05) is 69.3 Å². The number of amides is 3. The predicted octanol–water partition coefficient (Wildman–Crippen LogP) is 6.06. The molecule has 3 amide bonds. The van der Waals surface area contributed by atoms with Crippen LogP contribution in [0.4, 0.5) is 10.5 Å². The number of ether oxygens (including phenoxy) is 1. The first kappa shape index (κ1) is 31.2. The summed E-state index contributed by atoms with van der Waals surface area (Å²) in [4.78, 5) is 42.7. The van der Waals surface area contributed by atoms with Crippen molar-refractivity contribution in [3.05, 3.63) is 95.1 Å². The molecule has 2 atom stereocenters. The molecule has 0 aliphatic heterocycles. The molecule has 3 rings (SSSR count).